The molecule has 1 N–H and O–H groups in total. The fraction of sp³-hybridized carbons (Fsp3) is 0.176. The third-order valence-electron chi connectivity index (χ3n) is 3.15. The van der Waals surface area contributed by atoms with Crippen LogP contribution in [-0.4, -0.2) is 25.1 Å². The summed E-state index contributed by atoms with van der Waals surface area (Å²) >= 11 is 3.29. The smallest absolute Gasteiger partial charge is 0.339 e. The quantitative estimate of drug-likeness (QED) is 0.782. The molecular weight excluding hydrogens is 381 g/mol. The van der Waals surface area contributed by atoms with E-state index in [-0.39, 0.29) is 11.3 Å². The molecule has 1 atom stereocenters. The molecule has 0 fully saturated rings. The minimum atomic E-state index is -1.04. The third kappa shape index (κ3) is 4.55. The summed E-state index contributed by atoms with van der Waals surface area (Å²) in [6.07, 6.45) is -1.04. The molecule has 2 rings (SSSR count). The number of amides is 1. The van der Waals surface area contributed by atoms with Gasteiger partial charge in [0.25, 0.3) is 5.91 Å². The Labute approximate surface area is 146 Å². The number of carbonyl (C=O) groups excluding carboxylic acids is 2. The second-order valence-electron chi connectivity index (χ2n) is 4.89. The Hall–Kier alpha value is -2.41. The first-order chi connectivity index (χ1) is 11.4. The Bertz CT molecular complexity index is 749. The molecule has 0 spiro atoms. The van der Waals surface area contributed by atoms with Gasteiger partial charge in [0.2, 0.25) is 0 Å². The number of ether oxygens (including phenoxy) is 2. The Balaban J connectivity index is 1.98. The standard InChI is InChI=1S/C17H15BrFNO4/c1-10(16(21)20-13-6-4-12(18)5-7-13)24-17(22)11-3-8-15(23-2)14(19)9-11/h3-10H,1-2H3,(H,20,21)/t10-/m0/s1. The number of hydrogen-bond acceptors (Lipinski definition) is 4. The van der Waals surface area contributed by atoms with Crippen LogP contribution in [0, 0.1) is 5.82 Å². The van der Waals surface area contributed by atoms with E-state index < -0.39 is 23.8 Å². The van der Waals surface area contributed by atoms with Crippen molar-refractivity contribution in [3.05, 3.63) is 58.3 Å². The highest BCUT2D eigenvalue weighted by molar-refractivity contribution is 9.10. The Morgan fingerprint density at radius 2 is 1.83 bits per heavy atom. The van der Waals surface area contributed by atoms with Crippen LogP contribution < -0.4 is 10.1 Å². The highest BCUT2D eigenvalue weighted by Gasteiger charge is 2.20. The van der Waals surface area contributed by atoms with Gasteiger partial charge in [-0.3, -0.25) is 4.79 Å². The second-order valence-corrected chi connectivity index (χ2v) is 5.81. The molecule has 1 amide bonds. The highest BCUT2D eigenvalue weighted by atomic mass is 79.9. The lowest BCUT2D eigenvalue weighted by Crippen LogP contribution is -2.30. The largest absolute Gasteiger partial charge is 0.494 e. The van der Waals surface area contributed by atoms with Crippen molar-refractivity contribution in [2.45, 2.75) is 13.0 Å². The predicted octanol–water partition coefficient (Wildman–Crippen LogP) is 3.78. The Morgan fingerprint density at radius 3 is 2.42 bits per heavy atom. The monoisotopic (exact) mass is 395 g/mol. The lowest BCUT2D eigenvalue weighted by atomic mass is 10.2. The van der Waals surface area contributed by atoms with Crippen LogP contribution in [0.25, 0.3) is 0 Å². The van der Waals surface area contributed by atoms with Gasteiger partial charge in [0.05, 0.1) is 12.7 Å². The zero-order chi connectivity index (χ0) is 17.7. The number of methoxy groups -OCH3 is 1. The number of hydrogen-bond donors (Lipinski definition) is 1. The summed E-state index contributed by atoms with van der Waals surface area (Å²) in [6, 6.07) is 10.6. The molecule has 0 radical (unpaired) electrons. The molecule has 0 aliphatic rings. The van der Waals surface area contributed by atoms with Crippen molar-refractivity contribution < 1.29 is 23.5 Å². The van der Waals surface area contributed by atoms with Crippen molar-refractivity contribution in [1.29, 1.82) is 0 Å². The molecule has 24 heavy (non-hydrogen) atoms. The van der Waals surface area contributed by atoms with E-state index in [1.165, 1.54) is 26.2 Å². The first-order valence-corrected chi connectivity index (χ1v) is 7.81. The zero-order valence-corrected chi connectivity index (χ0v) is 14.6. The molecule has 0 aliphatic heterocycles. The van der Waals surface area contributed by atoms with Crippen molar-refractivity contribution in [1.82, 2.24) is 0 Å². The maximum atomic E-state index is 13.6. The number of rotatable bonds is 5. The molecule has 2 aromatic rings. The molecule has 126 valence electrons. The summed E-state index contributed by atoms with van der Waals surface area (Å²) in [4.78, 5) is 24.0. The summed E-state index contributed by atoms with van der Waals surface area (Å²) in [6.45, 7) is 1.44. The van der Waals surface area contributed by atoms with Gasteiger partial charge in [-0.15, -0.1) is 0 Å². The number of carbonyl (C=O) groups is 2. The summed E-state index contributed by atoms with van der Waals surface area (Å²) in [5, 5.41) is 2.62. The Morgan fingerprint density at radius 1 is 1.17 bits per heavy atom. The molecule has 0 aliphatic carbocycles. The lowest BCUT2D eigenvalue weighted by Gasteiger charge is -2.14. The Kier molecular flexibility index (Phi) is 5.92. The molecule has 0 unspecified atom stereocenters. The SMILES string of the molecule is COc1ccc(C(=O)O[C@@H](C)C(=O)Nc2ccc(Br)cc2)cc1F. The fourth-order valence-electron chi connectivity index (χ4n) is 1.85. The van der Waals surface area contributed by atoms with E-state index in [2.05, 4.69) is 21.2 Å². The molecular formula is C17H15BrFNO4. The van der Waals surface area contributed by atoms with Crippen LogP contribution >= 0.6 is 15.9 Å². The van der Waals surface area contributed by atoms with Crippen molar-refractivity contribution in [3.63, 3.8) is 0 Å². The van der Waals surface area contributed by atoms with Gasteiger partial charge in [0.15, 0.2) is 17.7 Å². The van der Waals surface area contributed by atoms with Gasteiger partial charge in [-0.25, -0.2) is 9.18 Å². The molecule has 0 aromatic heterocycles. The highest BCUT2D eigenvalue weighted by Crippen LogP contribution is 2.19. The van der Waals surface area contributed by atoms with E-state index in [1.807, 2.05) is 0 Å². The normalized spacial score (nSPS) is 11.5. The first kappa shape index (κ1) is 17.9. The molecule has 7 heteroatoms. The van der Waals surface area contributed by atoms with Crippen molar-refractivity contribution in [2.75, 3.05) is 12.4 Å². The average Bonchev–Trinajstić information content (AvgIpc) is 2.56. The molecule has 0 heterocycles. The minimum Gasteiger partial charge on any atom is -0.494 e. The van der Waals surface area contributed by atoms with Crippen LogP contribution in [0.3, 0.4) is 0 Å². The van der Waals surface area contributed by atoms with E-state index in [4.69, 9.17) is 9.47 Å². The second kappa shape index (κ2) is 7.92. The van der Waals surface area contributed by atoms with Gasteiger partial charge in [0.1, 0.15) is 0 Å². The van der Waals surface area contributed by atoms with E-state index in [1.54, 1.807) is 24.3 Å². The van der Waals surface area contributed by atoms with Gasteiger partial charge < -0.3 is 14.8 Å². The fourth-order valence-corrected chi connectivity index (χ4v) is 2.12. The molecule has 0 saturated heterocycles. The lowest BCUT2D eigenvalue weighted by molar-refractivity contribution is -0.123. The maximum Gasteiger partial charge on any atom is 0.339 e. The van der Waals surface area contributed by atoms with Gasteiger partial charge in [-0.1, -0.05) is 15.9 Å². The molecule has 2 aromatic carbocycles. The average molecular weight is 396 g/mol. The summed E-state index contributed by atoms with van der Waals surface area (Å²) in [7, 11) is 1.32. The van der Waals surface area contributed by atoms with Crippen LogP contribution in [0.15, 0.2) is 46.9 Å². The summed E-state index contributed by atoms with van der Waals surface area (Å²) in [5.41, 5.74) is 0.568. The number of anilines is 1. The summed E-state index contributed by atoms with van der Waals surface area (Å²) in [5.74, 6) is -1.94. The van der Waals surface area contributed by atoms with Crippen LogP contribution in [0.1, 0.15) is 17.3 Å². The maximum absolute atomic E-state index is 13.6. The third-order valence-corrected chi connectivity index (χ3v) is 3.68. The van der Waals surface area contributed by atoms with Gasteiger partial charge >= 0.3 is 5.97 Å². The number of esters is 1. The first-order valence-electron chi connectivity index (χ1n) is 7.01. The van der Waals surface area contributed by atoms with Crippen LogP contribution in [0.4, 0.5) is 10.1 Å². The number of halogens is 2. The number of nitrogens with one attached hydrogen (secondary N) is 1. The predicted molar refractivity (Wildman–Crippen MR) is 90.6 cm³/mol. The van der Waals surface area contributed by atoms with Gasteiger partial charge in [-0.2, -0.15) is 0 Å². The molecule has 0 saturated carbocycles. The van der Waals surface area contributed by atoms with Crippen molar-refractivity contribution >= 4 is 33.5 Å². The van der Waals surface area contributed by atoms with Crippen LogP contribution in [0.5, 0.6) is 5.75 Å². The molecule has 0 bridgehead atoms. The topological polar surface area (TPSA) is 64.6 Å². The van der Waals surface area contributed by atoms with Gasteiger partial charge in [0, 0.05) is 10.2 Å². The van der Waals surface area contributed by atoms with Crippen molar-refractivity contribution in [2.24, 2.45) is 0 Å². The molecule has 5 nitrogen and oxygen atoms in total. The van der Waals surface area contributed by atoms with Gasteiger partial charge in [-0.05, 0) is 49.4 Å². The number of benzene rings is 2. The van der Waals surface area contributed by atoms with Crippen LogP contribution in [0.2, 0.25) is 0 Å². The van der Waals surface area contributed by atoms with E-state index >= 15 is 0 Å². The minimum absolute atomic E-state index is 0.00316. The van der Waals surface area contributed by atoms with E-state index in [9.17, 15) is 14.0 Å². The summed E-state index contributed by atoms with van der Waals surface area (Å²) < 4.78 is 24.3. The zero-order valence-electron chi connectivity index (χ0n) is 13.0. The van der Waals surface area contributed by atoms with E-state index in [0.29, 0.717) is 5.69 Å². The van der Waals surface area contributed by atoms with Crippen LogP contribution in [-0.2, 0) is 9.53 Å². The van der Waals surface area contributed by atoms with Crippen molar-refractivity contribution in [3.8, 4) is 5.75 Å². The van der Waals surface area contributed by atoms with E-state index in [0.717, 1.165) is 10.5 Å².